The molecule has 0 saturated carbocycles. The van der Waals surface area contributed by atoms with Crippen LogP contribution in [0.1, 0.15) is 104 Å². The number of unbranched alkanes of at least 4 members (excludes halogenated alkanes) is 7. The molecule has 31 heavy (non-hydrogen) atoms. The second-order valence-corrected chi connectivity index (χ2v) is 8.27. The van der Waals surface area contributed by atoms with Crippen LogP contribution in [0.5, 0.6) is 5.75 Å². The van der Waals surface area contributed by atoms with Crippen LogP contribution in [-0.2, 0) is 4.74 Å². The maximum Gasteiger partial charge on any atom is 0.343 e. The van der Waals surface area contributed by atoms with Gasteiger partial charge in [-0.2, -0.15) is 0 Å². The summed E-state index contributed by atoms with van der Waals surface area (Å²) in [6.45, 7) is 6.77. The summed E-state index contributed by atoms with van der Waals surface area (Å²) in [6.07, 6.45) is 9.63. The third-order valence-electron chi connectivity index (χ3n) is 5.33. The lowest BCUT2D eigenvalue weighted by Gasteiger charge is -2.12. The molecule has 0 aliphatic heterocycles. The number of carbonyl (C=O) groups is 2. The minimum Gasteiger partial charge on any atom is -0.462 e. The van der Waals surface area contributed by atoms with Gasteiger partial charge in [0.15, 0.2) is 0 Å². The van der Waals surface area contributed by atoms with E-state index in [4.69, 9.17) is 9.47 Å². The number of hydrogen-bond donors (Lipinski definition) is 0. The van der Waals surface area contributed by atoms with Crippen molar-refractivity contribution in [1.82, 2.24) is 0 Å². The van der Waals surface area contributed by atoms with E-state index in [0.717, 1.165) is 18.4 Å². The second-order valence-electron chi connectivity index (χ2n) is 8.27. The highest BCUT2D eigenvalue weighted by molar-refractivity contribution is 5.94. The molecule has 2 aromatic carbocycles. The van der Waals surface area contributed by atoms with Crippen molar-refractivity contribution in [2.45, 2.75) is 78.1 Å². The van der Waals surface area contributed by atoms with E-state index in [1.165, 1.54) is 38.5 Å². The Bertz CT molecular complexity index is 808. The van der Waals surface area contributed by atoms with Crippen molar-refractivity contribution >= 4 is 11.9 Å². The lowest BCUT2D eigenvalue weighted by Crippen LogP contribution is -2.11. The van der Waals surface area contributed by atoms with Crippen molar-refractivity contribution in [1.29, 1.82) is 0 Å². The van der Waals surface area contributed by atoms with Gasteiger partial charge in [0.25, 0.3) is 0 Å². The molecule has 0 N–H and O–H groups in total. The van der Waals surface area contributed by atoms with Crippen LogP contribution in [0.3, 0.4) is 0 Å². The second kappa shape index (κ2) is 13.6. The van der Waals surface area contributed by atoms with Gasteiger partial charge in [0.2, 0.25) is 0 Å². The molecule has 0 aliphatic carbocycles. The monoisotopic (exact) mass is 424 g/mol. The van der Waals surface area contributed by atoms with Crippen LogP contribution in [0.15, 0.2) is 48.5 Å². The zero-order chi connectivity index (χ0) is 22.5. The van der Waals surface area contributed by atoms with E-state index in [-0.39, 0.29) is 11.9 Å². The van der Waals surface area contributed by atoms with Crippen LogP contribution >= 0.6 is 0 Å². The molecule has 0 saturated heterocycles. The van der Waals surface area contributed by atoms with Crippen molar-refractivity contribution < 1.29 is 19.1 Å². The number of hydrogen-bond acceptors (Lipinski definition) is 4. The molecule has 168 valence electrons. The Hall–Kier alpha value is -2.62. The minimum atomic E-state index is -0.438. The smallest absolute Gasteiger partial charge is 0.343 e. The summed E-state index contributed by atoms with van der Waals surface area (Å²) in [7, 11) is 0. The number of carbonyl (C=O) groups excluding carboxylic acids is 2. The first-order valence-electron chi connectivity index (χ1n) is 11.6. The number of rotatable bonds is 13. The van der Waals surface area contributed by atoms with Crippen molar-refractivity contribution in [2.24, 2.45) is 0 Å². The molecule has 0 fully saturated rings. The molecular formula is C27H36O4. The Morgan fingerprint density at radius 1 is 0.742 bits per heavy atom. The molecule has 4 heteroatoms. The Balaban J connectivity index is 1.76. The van der Waals surface area contributed by atoms with Crippen LogP contribution in [0, 0.1) is 0 Å². The van der Waals surface area contributed by atoms with Crippen molar-refractivity contribution in [3.8, 4) is 5.75 Å². The largest absolute Gasteiger partial charge is 0.462 e. The Labute approximate surface area is 187 Å². The quantitative estimate of drug-likeness (QED) is 0.192. The number of ether oxygens (including phenoxy) is 2. The van der Waals surface area contributed by atoms with Gasteiger partial charge in [0.1, 0.15) is 5.75 Å². The molecule has 2 aromatic rings. The van der Waals surface area contributed by atoms with E-state index >= 15 is 0 Å². The molecule has 0 bridgehead atoms. The summed E-state index contributed by atoms with van der Waals surface area (Å²) >= 11 is 0. The maximum atomic E-state index is 12.5. The van der Waals surface area contributed by atoms with Gasteiger partial charge in [-0.15, -0.1) is 0 Å². The van der Waals surface area contributed by atoms with Crippen LogP contribution < -0.4 is 4.74 Å². The predicted octanol–water partition coefficient (Wildman–Crippen LogP) is 7.33. The van der Waals surface area contributed by atoms with Crippen LogP contribution in [0.25, 0.3) is 0 Å². The van der Waals surface area contributed by atoms with Gasteiger partial charge >= 0.3 is 11.9 Å². The fourth-order valence-electron chi connectivity index (χ4n) is 3.44. The molecule has 4 nitrogen and oxygen atoms in total. The molecule has 0 aromatic heterocycles. The molecule has 0 amide bonds. The van der Waals surface area contributed by atoms with E-state index < -0.39 is 5.97 Å². The van der Waals surface area contributed by atoms with E-state index in [2.05, 4.69) is 20.8 Å². The van der Waals surface area contributed by atoms with Gasteiger partial charge in [0.05, 0.1) is 17.7 Å². The fraction of sp³-hybridized carbons (Fsp3) is 0.481. The molecule has 0 radical (unpaired) electrons. The minimum absolute atomic E-state index is 0.252. The predicted molar refractivity (Wildman–Crippen MR) is 125 cm³/mol. The van der Waals surface area contributed by atoms with Gasteiger partial charge in [-0.25, -0.2) is 9.59 Å². The first-order chi connectivity index (χ1) is 15.0. The molecule has 2 rings (SSSR count). The zero-order valence-electron chi connectivity index (χ0n) is 19.2. The van der Waals surface area contributed by atoms with Crippen LogP contribution in [0.4, 0.5) is 0 Å². The van der Waals surface area contributed by atoms with Gasteiger partial charge in [-0.05, 0) is 48.2 Å². The third kappa shape index (κ3) is 8.56. The first kappa shape index (κ1) is 24.6. The highest BCUT2D eigenvalue weighted by Gasteiger charge is 2.14. The summed E-state index contributed by atoms with van der Waals surface area (Å²) in [4.78, 5) is 24.7. The van der Waals surface area contributed by atoms with Gasteiger partial charge in [0, 0.05) is 0 Å². The van der Waals surface area contributed by atoms with Crippen LogP contribution in [-0.4, -0.2) is 18.5 Å². The lowest BCUT2D eigenvalue weighted by molar-refractivity contribution is 0.0497. The molecule has 0 atom stereocenters. The number of benzene rings is 2. The van der Waals surface area contributed by atoms with E-state index in [0.29, 0.717) is 23.5 Å². The summed E-state index contributed by atoms with van der Waals surface area (Å²) in [5, 5.41) is 0. The molecule has 0 heterocycles. The maximum absolute atomic E-state index is 12.5. The van der Waals surface area contributed by atoms with Crippen molar-refractivity contribution in [3.05, 3.63) is 65.2 Å². The topological polar surface area (TPSA) is 52.6 Å². The Morgan fingerprint density at radius 3 is 1.90 bits per heavy atom. The molecule has 0 unspecified atom stereocenters. The molecule has 0 spiro atoms. The third-order valence-corrected chi connectivity index (χ3v) is 5.33. The molecular weight excluding hydrogens is 388 g/mol. The highest BCUT2D eigenvalue weighted by Crippen LogP contribution is 2.26. The summed E-state index contributed by atoms with van der Waals surface area (Å²) in [5.41, 5.74) is 1.83. The molecule has 0 aliphatic rings. The summed E-state index contributed by atoms with van der Waals surface area (Å²) in [5.74, 6) is 0.0264. The standard InChI is InChI=1S/C27H36O4/c1-4-5-6-7-8-9-10-13-20-30-26(28)22-16-18-23(19-17-22)27(29)31-25-15-12-11-14-24(25)21(2)3/h11-12,14-19,21H,4-10,13,20H2,1-3H3. The zero-order valence-corrected chi connectivity index (χ0v) is 19.2. The normalized spacial score (nSPS) is 10.8. The first-order valence-corrected chi connectivity index (χ1v) is 11.6. The number of esters is 2. The lowest BCUT2D eigenvalue weighted by atomic mass is 10.0. The highest BCUT2D eigenvalue weighted by atomic mass is 16.5. The van der Waals surface area contributed by atoms with Crippen molar-refractivity contribution in [2.75, 3.05) is 6.61 Å². The average molecular weight is 425 g/mol. The van der Waals surface area contributed by atoms with E-state index in [9.17, 15) is 9.59 Å². The van der Waals surface area contributed by atoms with Gasteiger partial charge in [-0.1, -0.05) is 83.9 Å². The Kier molecular flexibility index (Phi) is 10.8. The van der Waals surface area contributed by atoms with E-state index in [1.807, 2.05) is 18.2 Å². The summed E-state index contributed by atoms with van der Waals surface area (Å²) in [6, 6.07) is 14.0. The number of para-hydroxylation sites is 1. The van der Waals surface area contributed by atoms with Gasteiger partial charge < -0.3 is 9.47 Å². The van der Waals surface area contributed by atoms with Crippen molar-refractivity contribution in [3.63, 3.8) is 0 Å². The van der Waals surface area contributed by atoms with Crippen LogP contribution in [0.2, 0.25) is 0 Å². The van der Waals surface area contributed by atoms with Gasteiger partial charge in [-0.3, -0.25) is 0 Å². The average Bonchev–Trinajstić information content (AvgIpc) is 2.78. The fourth-order valence-corrected chi connectivity index (χ4v) is 3.44. The van der Waals surface area contributed by atoms with E-state index in [1.54, 1.807) is 30.3 Å². The Morgan fingerprint density at radius 2 is 1.29 bits per heavy atom. The SMILES string of the molecule is CCCCCCCCCCOC(=O)c1ccc(C(=O)Oc2ccccc2C(C)C)cc1. The summed E-state index contributed by atoms with van der Waals surface area (Å²) < 4.78 is 10.9.